The molecule has 0 aliphatic carbocycles. The lowest BCUT2D eigenvalue weighted by molar-refractivity contribution is 0.0844. The first-order valence-corrected chi connectivity index (χ1v) is 9.27. The topological polar surface area (TPSA) is 96.1 Å². The van der Waals surface area contributed by atoms with Crippen LogP contribution in [0.1, 0.15) is 31.5 Å². The van der Waals surface area contributed by atoms with Gasteiger partial charge in [0.05, 0.1) is 10.7 Å². The molecule has 2 amide bonds. The third-order valence-corrected chi connectivity index (χ3v) is 4.63. The number of benzene rings is 1. The van der Waals surface area contributed by atoms with Crippen LogP contribution in [0.15, 0.2) is 46.4 Å². The van der Waals surface area contributed by atoms with Gasteiger partial charge in [-0.1, -0.05) is 0 Å². The lowest BCUT2D eigenvalue weighted by atomic mass is 10.2. The summed E-state index contributed by atoms with van der Waals surface area (Å²) < 4.78 is 6.38. The number of aromatic amines is 1. The quantitative estimate of drug-likeness (QED) is 0.537. The summed E-state index contributed by atoms with van der Waals surface area (Å²) in [6.07, 6.45) is 1.63. The molecule has 0 fully saturated rings. The minimum atomic E-state index is -0.442. The Balaban J connectivity index is 1.50. The molecule has 3 rings (SSSR count). The fourth-order valence-electron chi connectivity index (χ4n) is 2.09. The lowest BCUT2D eigenvalue weighted by Gasteiger charge is -2.08. The molecule has 3 aromatic rings. The molecule has 26 heavy (non-hydrogen) atoms. The van der Waals surface area contributed by atoms with E-state index in [-0.39, 0.29) is 0 Å². The summed E-state index contributed by atoms with van der Waals surface area (Å²) in [6.45, 7) is 2.31. The van der Waals surface area contributed by atoms with Crippen LogP contribution in [0.5, 0.6) is 5.75 Å². The zero-order valence-electron chi connectivity index (χ0n) is 13.7. The Hall–Kier alpha value is -2.65. The number of H-pyrrole nitrogens is 1. The Labute approximate surface area is 161 Å². The van der Waals surface area contributed by atoms with E-state index in [4.69, 9.17) is 4.74 Å². The maximum Gasteiger partial charge on any atom is 0.286 e. The Morgan fingerprint density at radius 3 is 2.58 bits per heavy atom. The highest BCUT2D eigenvalue weighted by Gasteiger charge is 2.11. The normalized spacial score (nSPS) is 10.4. The number of rotatable bonds is 5. The number of hydrogen-bond donors (Lipinski definition) is 3. The molecule has 0 radical (unpaired) electrons. The Morgan fingerprint density at radius 1 is 1.23 bits per heavy atom. The van der Waals surface area contributed by atoms with Crippen molar-refractivity contribution in [1.29, 1.82) is 0 Å². The molecule has 1 aromatic carbocycles. The lowest BCUT2D eigenvalue weighted by Crippen LogP contribution is -2.41. The molecule has 0 unspecified atom stereocenters. The van der Waals surface area contributed by atoms with E-state index < -0.39 is 11.8 Å². The third kappa shape index (κ3) is 4.70. The second-order valence-electron chi connectivity index (χ2n) is 5.31. The largest absolute Gasteiger partial charge is 0.487 e. The van der Waals surface area contributed by atoms with Crippen molar-refractivity contribution in [2.45, 2.75) is 13.5 Å². The van der Waals surface area contributed by atoms with Gasteiger partial charge in [0.25, 0.3) is 11.8 Å². The van der Waals surface area contributed by atoms with Crippen LogP contribution < -0.4 is 15.6 Å². The van der Waals surface area contributed by atoms with Gasteiger partial charge in [0, 0.05) is 21.6 Å². The summed E-state index contributed by atoms with van der Waals surface area (Å²) in [7, 11) is 0. The predicted molar refractivity (Wildman–Crippen MR) is 101 cm³/mol. The average molecular weight is 435 g/mol. The van der Waals surface area contributed by atoms with E-state index in [9.17, 15) is 9.59 Å². The van der Waals surface area contributed by atoms with Gasteiger partial charge in [0.15, 0.2) is 0 Å². The third-order valence-electron chi connectivity index (χ3n) is 3.35. The van der Waals surface area contributed by atoms with Gasteiger partial charge in [0.1, 0.15) is 18.1 Å². The van der Waals surface area contributed by atoms with Crippen LogP contribution in [-0.4, -0.2) is 21.8 Å². The van der Waals surface area contributed by atoms with Crippen molar-refractivity contribution in [3.63, 3.8) is 0 Å². The van der Waals surface area contributed by atoms with Gasteiger partial charge in [-0.25, -0.2) is 4.98 Å². The highest BCUT2D eigenvalue weighted by Crippen LogP contribution is 2.15. The minimum absolute atomic E-state index is 0.332. The molecule has 0 bridgehead atoms. The molecule has 0 saturated heterocycles. The van der Waals surface area contributed by atoms with Gasteiger partial charge in [0.2, 0.25) is 0 Å². The van der Waals surface area contributed by atoms with Crippen LogP contribution in [0.4, 0.5) is 0 Å². The first kappa shape index (κ1) is 18.2. The minimum Gasteiger partial charge on any atom is -0.487 e. The number of nitrogens with one attached hydrogen (secondary N) is 3. The molecule has 2 heterocycles. The van der Waals surface area contributed by atoms with Gasteiger partial charge in [-0.05, 0) is 53.2 Å². The van der Waals surface area contributed by atoms with Crippen LogP contribution in [-0.2, 0) is 6.61 Å². The van der Waals surface area contributed by atoms with Crippen molar-refractivity contribution in [2.75, 3.05) is 0 Å². The van der Waals surface area contributed by atoms with E-state index in [1.54, 1.807) is 47.9 Å². The first-order chi connectivity index (χ1) is 12.5. The van der Waals surface area contributed by atoms with Crippen molar-refractivity contribution in [3.8, 4) is 5.75 Å². The first-order valence-electron chi connectivity index (χ1n) is 7.60. The summed E-state index contributed by atoms with van der Waals surface area (Å²) in [5.41, 5.74) is 6.31. The molecule has 9 heteroatoms. The van der Waals surface area contributed by atoms with Crippen LogP contribution in [0.25, 0.3) is 0 Å². The van der Waals surface area contributed by atoms with Gasteiger partial charge >= 0.3 is 0 Å². The highest BCUT2D eigenvalue weighted by molar-refractivity contribution is 9.10. The van der Waals surface area contributed by atoms with Gasteiger partial charge in [-0.3, -0.25) is 20.4 Å². The maximum atomic E-state index is 12.1. The zero-order chi connectivity index (χ0) is 18.5. The molecule has 0 spiro atoms. The van der Waals surface area contributed by atoms with E-state index in [1.165, 1.54) is 0 Å². The standard InChI is InChI=1S/C17H15BrN4O3S/c1-10-20-13(9-26-10)8-25-14-4-2-11(3-5-14)16(23)21-22-17(24)15-6-12(18)7-19-15/h2-7,9,19H,8H2,1H3,(H,21,23)(H,22,24). The number of nitrogens with zero attached hydrogens (tertiary/aromatic N) is 1. The zero-order valence-corrected chi connectivity index (χ0v) is 16.1. The van der Waals surface area contributed by atoms with E-state index in [1.807, 2.05) is 12.3 Å². The van der Waals surface area contributed by atoms with Crippen molar-refractivity contribution in [2.24, 2.45) is 0 Å². The van der Waals surface area contributed by atoms with Crippen molar-refractivity contribution in [3.05, 3.63) is 68.3 Å². The maximum absolute atomic E-state index is 12.1. The fraction of sp³-hybridized carbons (Fsp3) is 0.118. The number of carbonyl (C=O) groups excluding carboxylic acids is 2. The number of halogens is 1. The summed E-state index contributed by atoms with van der Waals surface area (Å²) in [4.78, 5) is 31.0. The van der Waals surface area contributed by atoms with Gasteiger partial charge < -0.3 is 9.72 Å². The molecule has 0 aliphatic heterocycles. The summed E-state index contributed by atoms with van der Waals surface area (Å²) in [6, 6.07) is 8.23. The molecule has 134 valence electrons. The van der Waals surface area contributed by atoms with Crippen LogP contribution >= 0.6 is 27.3 Å². The Kier molecular flexibility index (Phi) is 5.69. The molecule has 7 nitrogen and oxygen atoms in total. The number of hydrazine groups is 1. The molecule has 2 aromatic heterocycles. The molecule has 0 saturated carbocycles. The highest BCUT2D eigenvalue weighted by atomic mass is 79.9. The van der Waals surface area contributed by atoms with E-state index in [0.717, 1.165) is 15.2 Å². The summed E-state index contributed by atoms with van der Waals surface area (Å²) >= 11 is 4.81. The predicted octanol–water partition coefficient (Wildman–Crippen LogP) is 3.20. The fourth-order valence-corrected chi connectivity index (χ4v) is 3.03. The van der Waals surface area contributed by atoms with Crippen LogP contribution in [0.2, 0.25) is 0 Å². The van der Waals surface area contributed by atoms with Gasteiger partial charge in [-0.15, -0.1) is 11.3 Å². The van der Waals surface area contributed by atoms with Crippen LogP contribution in [0.3, 0.4) is 0 Å². The van der Waals surface area contributed by atoms with Crippen LogP contribution in [0, 0.1) is 6.92 Å². The van der Waals surface area contributed by atoms with Crippen molar-refractivity contribution >= 4 is 39.1 Å². The SMILES string of the molecule is Cc1nc(COc2ccc(C(=O)NNC(=O)c3cc(Br)c[nH]3)cc2)cs1. The molecule has 0 atom stereocenters. The van der Waals surface area contributed by atoms with E-state index in [2.05, 4.69) is 36.7 Å². The molecule has 3 N–H and O–H groups in total. The second kappa shape index (κ2) is 8.15. The monoisotopic (exact) mass is 434 g/mol. The Morgan fingerprint density at radius 2 is 1.96 bits per heavy atom. The number of ether oxygens (including phenoxy) is 1. The van der Waals surface area contributed by atoms with Crippen molar-refractivity contribution in [1.82, 2.24) is 20.8 Å². The molecule has 0 aliphatic rings. The van der Waals surface area contributed by atoms with E-state index >= 15 is 0 Å². The summed E-state index contributed by atoms with van der Waals surface area (Å²) in [5.74, 6) is -0.235. The van der Waals surface area contributed by atoms with Gasteiger partial charge in [-0.2, -0.15) is 0 Å². The van der Waals surface area contributed by atoms with Crippen molar-refractivity contribution < 1.29 is 14.3 Å². The number of aromatic nitrogens is 2. The number of amides is 2. The number of thiazole rings is 1. The molecular formula is C17H15BrN4O3S. The number of aryl methyl sites for hydroxylation is 1. The summed E-state index contributed by atoms with van der Waals surface area (Å²) in [5, 5.41) is 2.94. The smallest absolute Gasteiger partial charge is 0.286 e. The number of carbonyl (C=O) groups is 2. The molecular weight excluding hydrogens is 420 g/mol. The van der Waals surface area contributed by atoms with E-state index in [0.29, 0.717) is 23.6 Å². The second-order valence-corrected chi connectivity index (χ2v) is 7.29. The Bertz CT molecular complexity index is 920. The average Bonchev–Trinajstić information content (AvgIpc) is 3.26. The number of hydrogen-bond acceptors (Lipinski definition) is 5.